The summed E-state index contributed by atoms with van der Waals surface area (Å²) >= 11 is 0. The van der Waals surface area contributed by atoms with E-state index in [-0.39, 0.29) is 5.75 Å². The van der Waals surface area contributed by atoms with Crippen molar-refractivity contribution in [2.24, 2.45) is 0 Å². The monoisotopic (exact) mass is 381 g/mol. The molecule has 0 bridgehead atoms. The lowest BCUT2D eigenvalue weighted by molar-refractivity contribution is -0.274. The molecule has 0 saturated heterocycles. The molecule has 5 nitrogen and oxygen atoms in total. The summed E-state index contributed by atoms with van der Waals surface area (Å²) in [6, 6.07) is 7.45. The Kier molecular flexibility index (Phi) is 5.12. The summed E-state index contributed by atoms with van der Waals surface area (Å²) in [5, 5.41) is 0. The number of benzene rings is 1. The third kappa shape index (κ3) is 4.06. The molecule has 0 aliphatic carbocycles. The second kappa shape index (κ2) is 7.21. The fourth-order valence-electron chi connectivity index (χ4n) is 3.09. The molecule has 27 heavy (non-hydrogen) atoms. The van der Waals surface area contributed by atoms with Crippen LogP contribution < -0.4 is 9.47 Å². The Hall–Kier alpha value is -2.58. The van der Waals surface area contributed by atoms with Gasteiger partial charge in [0.05, 0.1) is 0 Å². The van der Waals surface area contributed by atoms with Gasteiger partial charge in [-0.05, 0) is 54.5 Å². The highest BCUT2D eigenvalue weighted by Gasteiger charge is 2.40. The van der Waals surface area contributed by atoms with Gasteiger partial charge in [0.2, 0.25) is 6.29 Å². The summed E-state index contributed by atoms with van der Waals surface area (Å²) in [6.07, 6.45) is -0.546. The first-order valence-electron chi connectivity index (χ1n) is 8.04. The molecular weight excluding hydrogens is 363 g/mol. The molecule has 0 fully saturated rings. The van der Waals surface area contributed by atoms with Crippen molar-refractivity contribution in [3.05, 3.63) is 59.9 Å². The zero-order valence-electron chi connectivity index (χ0n) is 14.9. The van der Waals surface area contributed by atoms with E-state index < -0.39 is 18.3 Å². The quantitative estimate of drug-likeness (QED) is 0.728. The smallest absolute Gasteiger partial charge is 0.477 e. The first-order valence-corrected chi connectivity index (χ1v) is 8.04. The average molecular weight is 381 g/mol. The van der Waals surface area contributed by atoms with E-state index in [9.17, 15) is 13.2 Å². The molecule has 1 aliphatic heterocycles. The van der Waals surface area contributed by atoms with Crippen molar-refractivity contribution in [2.45, 2.75) is 25.2 Å². The molecule has 2 heterocycles. The molecule has 3 rings (SSSR count). The molecule has 1 atom stereocenters. The molecule has 144 valence electrons. The number of halogens is 3. The number of hydrogen-bond acceptors (Lipinski definition) is 5. The van der Waals surface area contributed by atoms with E-state index in [1.165, 1.54) is 32.4 Å². The van der Waals surface area contributed by atoms with Crippen LogP contribution in [0.1, 0.15) is 18.1 Å². The van der Waals surface area contributed by atoms with Crippen molar-refractivity contribution in [3.63, 3.8) is 0 Å². The fourth-order valence-corrected chi connectivity index (χ4v) is 3.09. The molecule has 1 unspecified atom stereocenters. The number of methoxy groups -OCH3 is 2. The van der Waals surface area contributed by atoms with Gasteiger partial charge in [0.1, 0.15) is 11.5 Å². The number of aromatic nitrogens is 1. The number of fused-ring (bicyclic) bond motifs is 1. The number of rotatable bonds is 5. The van der Waals surface area contributed by atoms with Gasteiger partial charge >= 0.3 is 6.36 Å². The lowest BCUT2D eigenvalue weighted by Gasteiger charge is -2.38. The van der Waals surface area contributed by atoms with Crippen molar-refractivity contribution in [1.29, 1.82) is 0 Å². The van der Waals surface area contributed by atoms with Crippen LogP contribution in [-0.4, -0.2) is 37.5 Å². The van der Waals surface area contributed by atoms with Gasteiger partial charge in [-0.25, -0.2) is 0 Å². The number of alkyl halides is 3. The van der Waals surface area contributed by atoms with Gasteiger partial charge in [-0.2, -0.15) is 0 Å². The van der Waals surface area contributed by atoms with Gasteiger partial charge in [0.15, 0.2) is 5.60 Å². The number of pyridine rings is 1. The van der Waals surface area contributed by atoms with Crippen LogP contribution in [0.3, 0.4) is 0 Å². The van der Waals surface area contributed by atoms with Crippen molar-refractivity contribution < 1.29 is 32.1 Å². The van der Waals surface area contributed by atoms with Crippen molar-refractivity contribution >= 4 is 5.57 Å². The minimum absolute atomic E-state index is 0.330. The van der Waals surface area contributed by atoms with Crippen LogP contribution in [0, 0.1) is 0 Å². The van der Waals surface area contributed by atoms with Gasteiger partial charge in [-0.1, -0.05) is 0 Å². The summed E-state index contributed by atoms with van der Waals surface area (Å²) in [4.78, 5) is 3.98. The maximum absolute atomic E-state index is 12.6. The molecule has 1 aromatic carbocycles. The number of hydrogen-bond donors (Lipinski definition) is 0. The Morgan fingerprint density at radius 3 is 2.33 bits per heavy atom. The highest BCUT2D eigenvalue weighted by molar-refractivity contribution is 5.85. The van der Waals surface area contributed by atoms with E-state index >= 15 is 0 Å². The molecule has 0 amide bonds. The molecule has 1 aromatic heterocycles. The molecular formula is C19H18F3NO4. The molecule has 1 aliphatic rings. The Morgan fingerprint density at radius 2 is 1.74 bits per heavy atom. The minimum Gasteiger partial charge on any atom is -0.477 e. The van der Waals surface area contributed by atoms with E-state index in [0.717, 1.165) is 5.56 Å². The highest BCUT2D eigenvalue weighted by atomic mass is 19.4. The van der Waals surface area contributed by atoms with E-state index in [1.807, 2.05) is 0 Å². The molecule has 0 saturated carbocycles. The maximum Gasteiger partial charge on any atom is 0.573 e. The van der Waals surface area contributed by atoms with Gasteiger partial charge < -0.3 is 18.9 Å². The van der Waals surface area contributed by atoms with E-state index in [4.69, 9.17) is 14.2 Å². The standard InChI is InChI=1S/C19H18F3NO4/c1-18(17(24-2)25-3)11-15(12-6-8-23-9-7-12)14-10-13(26-19(20,21)22)4-5-16(14)27-18/h4-11,17H,1-3H3. The second-order valence-electron chi connectivity index (χ2n) is 6.09. The van der Waals surface area contributed by atoms with Gasteiger partial charge in [-0.15, -0.1) is 13.2 Å². The van der Waals surface area contributed by atoms with Crippen LogP contribution in [0.5, 0.6) is 11.5 Å². The maximum atomic E-state index is 12.6. The molecule has 2 aromatic rings. The predicted molar refractivity (Wildman–Crippen MR) is 91.3 cm³/mol. The summed E-state index contributed by atoms with van der Waals surface area (Å²) in [6.45, 7) is 1.77. The van der Waals surface area contributed by atoms with Crippen molar-refractivity contribution in [3.8, 4) is 11.5 Å². The molecule has 8 heteroatoms. The molecule has 0 N–H and O–H groups in total. The largest absolute Gasteiger partial charge is 0.573 e. The topological polar surface area (TPSA) is 49.8 Å². The summed E-state index contributed by atoms with van der Waals surface area (Å²) < 4.78 is 58.6. The Morgan fingerprint density at radius 1 is 1.07 bits per heavy atom. The second-order valence-corrected chi connectivity index (χ2v) is 6.09. The fraction of sp³-hybridized carbons (Fsp3) is 0.316. The summed E-state index contributed by atoms with van der Waals surface area (Å²) in [5.41, 5.74) is 0.886. The SMILES string of the molecule is COC(OC)C1(C)C=C(c2ccncc2)c2cc(OC(F)(F)F)ccc2O1. The van der Waals surface area contributed by atoms with Crippen LogP contribution in [-0.2, 0) is 9.47 Å². The minimum atomic E-state index is -4.78. The molecule has 0 radical (unpaired) electrons. The van der Waals surface area contributed by atoms with Gasteiger partial charge in [0.25, 0.3) is 0 Å². The van der Waals surface area contributed by atoms with Crippen molar-refractivity contribution in [1.82, 2.24) is 4.98 Å². The van der Waals surface area contributed by atoms with E-state index in [1.54, 1.807) is 37.5 Å². The normalized spacial score (nSPS) is 19.3. The summed E-state index contributed by atoms with van der Waals surface area (Å²) in [7, 11) is 2.97. The zero-order valence-corrected chi connectivity index (χ0v) is 14.9. The highest BCUT2D eigenvalue weighted by Crippen LogP contribution is 2.43. The lowest BCUT2D eigenvalue weighted by Crippen LogP contribution is -2.47. The first-order chi connectivity index (χ1) is 12.8. The van der Waals surface area contributed by atoms with Crippen molar-refractivity contribution in [2.75, 3.05) is 14.2 Å². The number of nitrogens with zero attached hydrogens (tertiary/aromatic N) is 1. The summed E-state index contributed by atoms with van der Waals surface area (Å²) in [5.74, 6) is 0.0591. The van der Waals surface area contributed by atoms with Crippen LogP contribution in [0.15, 0.2) is 48.8 Å². The van der Waals surface area contributed by atoms with Crippen LogP contribution in [0.4, 0.5) is 13.2 Å². The van der Waals surface area contributed by atoms with Crippen LogP contribution in [0.25, 0.3) is 5.57 Å². The first kappa shape index (κ1) is 19.2. The Labute approximate surface area is 154 Å². The van der Waals surface area contributed by atoms with E-state index in [2.05, 4.69) is 9.72 Å². The zero-order chi connectivity index (χ0) is 19.7. The third-order valence-corrected chi connectivity index (χ3v) is 4.12. The van der Waals surface area contributed by atoms with E-state index in [0.29, 0.717) is 16.9 Å². The number of ether oxygens (including phenoxy) is 4. The lowest BCUT2D eigenvalue weighted by atomic mass is 9.89. The van der Waals surface area contributed by atoms with Crippen LogP contribution in [0.2, 0.25) is 0 Å². The van der Waals surface area contributed by atoms with Gasteiger partial charge in [0, 0.05) is 32.2 Å². The Bertz CT molecular complexity index is 835. The third-order valence-electron chi connectivity index (χ3n) is 4.12. The molecule has 0 spiro atoms. The average Bonchev–Trinajstić information content (AvgIpc) is 2.62. The Balaban J connectivity index is 2.13. The van der Waals surface area contributed by atoms with Gasteiger partial charge in [-0.3, -0.25) is 4.98 Å². The predicted octanol–water partition coefficient (Wildman–Crippen LogP) is 4.18. The van der Waals surface area contributed by atoms with Crippen LogP contribution >= 0.6 is 0 Å².